The second-order valence-corrected chi connectivity index (χ2v) is 3.62. The second-order valence-electron chi connectivity index (χ2n) is 3.62. The minimum Gasteiger partial charge on any atom is -0.468 e. The van der Waals surface area contributed by atoms with E-state index < -0.39 is 0 Å². The number of ether oxygens (including phenoxy) is 2. The van der Waals surface area contributed by atoms with E-state index in [4.69, 9.17) is 9.47 Å². The summed E-state index contributed by atoms with van der Waals surface area (Å²) < 4.78 is 9.78. The van der Waals surface area contributed by atoms with Crippen LogP contribution in [-0.2, 0) is 14.3 Å². The first-order chi connectivity index (χ1) is 6.77. The van der Waals surface area contributed by atoms with Crippen molar-refractivity contribution in [2.24, 2.45) is 0 Å². The van der Waals surface area contributed by atoms with Gasteiger partial charge in [-0.2, -0.15) is 0 Å². The Morgan fingerprint density at radius 1 is 1.64 bits per heavy atom. The molecule has 0 aromatic rings. The summed E-state index contributed by atoms with van der Waals surface area (Å²) in [6.45, 7) is 3.53. The van der Waals surface area contributed by atoms with Gasteiger partial charge in [0, 0.05) is 0 Å². The van der Waals surface area contributed by atoms with Crippen LogP contribution in [-0.4, -0.2) is 38.4 Å². The molecule has 4 heteroatoms. The van der Waals surface area contributed by atoms with Crippen LogP contribution < -0.4 is 5.32 Å². The molecular formula is C10H19NO3. The molecule has 0 aromatic carbocycles. The first-order valence-electron chi connectivity index (χ1n) is 5.19. The minimum atomic E-state index is -0.162. The van der Waals surface area contributed by atoms with E-state index in [2.05, 4.69) is 12.2 Å². The topological polar surface area (TPSA) is 47.6 Å². The van der Waals surface area contributed by atoms with Crippen molar-refractivity contribution in [3.05, 3.63) is 0 Å². The van der Waals surface area contributed by atoms with Crippen LogP contribution in [0.3, 0.4) is 0 Å². The largest absolute Gasteiger partial charge is 0.468 e. The number of carbonyl (C=O) groups is 1. The SMILES string of the molecule is CCCCC(NC1COC1)C(=O)OC. The Hall–Kier alpha value is -0.610. The molecule has 14 heavy (non-hydrogen) atoms. The van der Waals surface area contributed by atoms with Gasteiger partial charge in [-0.1, -0.05) is 19.8 Å². The Balaban J connectivity index is 2.30. The Bertz CT molecular complexity index is 180. The van der Waals surface area contributed by atoms with Gasteiger partial charge in [-0.05, 0) is 6.42 Å². The smallest absolute Gasteiger partial charge is 0.322 e. The van der Waals surface area contributed by atoms with E-state index in [0.717, 1.165) is 19.3 Å². The predicted molar refractivity (Wildman–Crippen MR) is 53.1 cm³/mol. The number of carbonyl (C=O) groups excluding carboxylic acids is 1. The highest BCUT2D eigenvalue weighted by Gasteiger charge is 2.26. The zero-order valence-electron chi connectivity index (χ0n) is 8.91. The molecule has 1 heterocycles. The molecule has 82 valence electrons. The molecule has 1 rings (SSSR count). The fourth-order valence-electron chi connectivity index (χ4n) is 1.44. The van der Waals surface area contributed by atoms with Gasteiger partial charge in [0.25, 0.3) is 0 Å². The maximum Gasteiger partial charge on any atom is 0.322 e. The normalized spacial score (nSPS) is 18.7. The van der Waals surface area contributed by atoms with Crippen molar-refractivity contribution < 1.29 is 14.3 Å². The van der Waals surface area contributed by atoms with E-state index in [1.165, 1.54) is 7.11 Å². The van der Waals surface area contributed by atoms with Crippen molar-refractivity contribution >= 4 is 5.97 Å². The number of rotatable bonds is 6. The molecule has 1 atom stereocenters. The van der Waals surface area contributed by atoms with Crippen LogP contribution in [0.5, 0.6) is 0 Å². The predicted octanol–water partition coefficient (Wildman–Crippen LogP) is 0.707. The summed E-state index contributed by atoms with van der Waals surface area (Å²) in [6, 6.07) is 0.171. The summed E-state index contributed by atoms with van der Waals surface area (Å²) in [7, 11) is 1.43. The molecule has 0 spiro atoms. The lowest BCUT2D eigenvalue weighted by atomic mass is 10.1. The summed E-state index contributed by atoms with van der Waals surface area (Å²) >= 11 is 0. The van der Waals surface area contributed by atoms with Gasteiger partial charge in [-0.25, -0.2) is 0 Å². The van der Waals surface area contributed by atoms with Gasteiger partial charge in [-0.3, -0.25) is 10.1 Å². The van der Waals surface area contributed by atoms with Gasteiger partial charge in [0.2, 0.25) is 0 Å². The van der Waals surface area contributed by atoms with Crippen LogP contribution >= 0.6 is 0 Å². The summed E-state index contributed by atoms with van der Waals surface area (Å²) in [5.74, 6) is -0.162. The van der Waals surface area contributed by atoms with Crippen molar-refractivity contribution in [3.8, 4) is 0 Å². The number of hydrogen-bond donors (Lipinski definition) is 1. The number of unbranched alkanes of at least 4 members (excludes halogenated alkanes) is 1. The molecule has 0 bridgehead atoms. The lowest BCUT2D eigenvalue weighted by Crippen LogP contribution is -2.53. The maximum atomic E-state index is 11.4. The molecule has 0 aromatic heterocycles. The highest BCUT2D eigenvalue weighted by molar-refractivity contribution is 5.75. The summed E-state index contributed by atoms with van der Waals surface area (Å²) in [5.41, 5.74) is 0. The molecule has 0 amide bonds. The van der Waals surface area contributed by atoms with E-state index in [-0.39, 0.29) is 12.0 Å². The van der Waals surface area contributed by atoms with E-state index >= 15 is 0 Å². The Morgan fingerprint density at radius 3 is 2.79 bits per heavy atom. The van der Waals surface area contributed by atoms with Crippen LogP contribution in [0.2, 0.25) is 0 Å². The number of methoxy groups -OCH3 is 1. The van der Waals surface area contributed by atoms with E-state index in [0.29, 0.717) is 19.3 Å². The van der Waals surface area contributed by atoms with E-state index in [1.807, 2.05) is 0 Å². The molecule has 0 aliphatic carbocycles. The van der Waals surface area contributed by atoms with Gasteiger partial charge >= 0.3 is 5.97 Å². The average Bonchev–Trinajstić information content (AvgIpc) is 2.14. The molecule has 1 aliphatic rings. The summed E-state index contributed by atoms with van der Waals surface area (Å²) in [5, 5.41) is 3.24. The zero-order valence-corrected chi connectivity index (χ0v) is 8.91. The number of hydrogen-bond acceptors (Lipinski definition) is 4. The Morgan fingerprint density at radius 2 is 2.36 bits per heavy atom. The lowest BCUT2D eigenvalue weighted by Gasteiger charge is -2.30. The zero-order chi connectivity index (χ0) is 10.4. The molecule has 1 saturated heterocycles. The van der Waals surface area contributed by atoms with Crippen LogP contribution in [0.1, 0.15) is 26.2 Å². The fraction of sp³-hybridized carbons (Fsp3) is 0.900. The van der Waals surface area contributed by atoms with E-state index in [1.54, 1.807) is 0 Å². The lowest BCUT2D eigenvalue weighted by molar-refractivity contribution is -0.144. The molecule has 1 N–H and O–H groups in total. The highest BCUT2D eigenvalue weighted by Crippen LogP contribution is 2.07. The van der Waals surface area contributed by atoms with Crippen LogP contribution in [0.25, 0.3) is 0 Å². The molecule has 4 nitrogen and oxygen atoms in total. The molecule has 0 saturated carbocycles. The molecule has 0 radical (unpaired) electrons. The van der Waals surface area contributed by atoms with Gasteiger partial charge < -0.3 is 9.47 Å². The van der Waals surface area contributed by atoms with E-state index in [9.17, 15) is 4.79 Å². The summed E-state index contributed by atoms with van der Waals surface area (Å²) in [6.07, 6.45) is 2.98. The fourth-order valence-corrected chi connectivity index (χ4v) is 1.44. The number of nitrogens with one attached hydrogen (secondary N) is 1. The number of esters is 1. The van der Waals surface area contributed by atoms with Crippen LogP contribution in [0.15, 0.2) is 0 Å². The van der Waals surface area contributed by atoms with Crippen molar-refractivity contribution in [1.29, 1.82) is 0 Å². The molecule has 1 aliphatic heterocycles. The quantitative estimate of drug-likeness (QED) is 0.643. The first-order valence-corrected chi connectivity index (χ1v) is 5.19. The standard InChI is InChI=1S/C10H19NO3/c1-3-4-5-9(10(12)13-2)11-8-6-14-7-8/h8-9,11H,3-7H2,1-2H3. The van der Waals surface area contributed by atoms with Gasteiger partial charge in [0.15, 0.2) is 0 Å². The third-order valence-corrected chi connectivity index (χ3v) is 2.41. The average molecular weight is 201 g/mol. The van der Waals surface area contributed by atoms with Crippen molar-refractivity contribution in [1.82, 2.24) is 5.32 Å². The van der Waals surface area contributed by atoms with Crippen molar-refractivity contribution in [2.45, 2.75) is 38.3 Å². The third kappa shape index (κ3) is 3.27. The van der Waals surface area contributed by atoms with Crippen LogP contribution in [0, 0.1) is 0 Å². The molecule has 1 fully saturated rings. The Kier molecular flexibility index (Phi) is 4.90. The second kappa shape index (κ2) is 5.98. The van der Waals surface area contributed by atoms with Crippen molar-refractivity contribution in [3.63, 3.8) is 0 Å². The minimum absolute atomic E-state index is 0.158. The van der Waals surface area contributed by atoms with Gasteiger partial charge in [-0.15, -0.1) is 0 Å². The monoisotopic (exact) mass is 201 g/mol. The maximum absolute atomic E-state index is 11.4. The summed E-state index contributed by atoms with van der Waals surface area (Å²) in [4.78, 5) is 11.4. The van der Waals surface area contributed by atoms with Crippen LogP contribution in [0.4, 0.5) is 0 Å². The van der Waals surface area contributed by atoms with Crippen molar-refractivity contribution in [2.75, 3.05) is 20.3 Å². The van der Waals surface area contributed by atoms with Gasteiger partial charge in [0.1, 0.15) is 6.04 Å². The third-order valence-electron chi connectivity index (χ3n) is 2.41. The first kappa shape index (κ1) is 11.5. The highest BCUT2D eigenvalue weighted by atomic mass is 16.5. The molecular weight excluding hydrogens is 182 g/mol. The molecule has 1 unspecified atom stereocenters. The Labute approximate surface area is 85.0 Å². The van der Waals surface area contributed by atoms with Gasteiger partial charge in [0.05, 0.1) is 26.4 Å².